The summed E-state index contributed by atoms with van der Waals surface area (Å²) >= 11 is 0. The maximum atomic E-state index is 11.8. The zero-order valence-corrected chi connectivity index (χ0v) is 8.89. The molecule has 1 aliphatic rings. The molecule has 0 atom stereocenters. The van der Waals surface area contributed by atoms with E-state index >= 15 is 0 Å². The van der Waals surface area contributed by atoms with Gasteiger partial charge in [-0.3, -0.25) is 9.48 Å². The number of carbonyl (C=O) groups is 1. The molecule has 0 N–H and O–H groups in total. The number of hydrogen-bond acceptors (Lipinski definition) is 3. The van der Waals surface area contributed by atoms with Crippen molar-refractivity contribution in [2.45, 2.75) is 6.54 Å². The zero-order valence-electron chi connectivity index (χ0n) is 8.89. The van der Waals surface area contributed by atoms with Gasteiger partial charge in [-0.1, -0.05) is 0 Å². The third kappa shape index (κ3) is 2.56. The topological polar surface area (TPSA) is 41.4 Å². The van der Waals surface area contributed by atoms with Crippen LogP contribution in [0.25, 0.3) is 0 Å². The molecular formula is C10H15N4O. The summed E-state index contributed by atoms with van der Waals surface area (Å²) in [6.45, 7) is 3.88. The average molecular weight is 207 g/mol. The Morgan fingerprint density at radius 1 is 1.40 bits per heavy atom. The highest BCUT2D eigenvalue weighted by atomic mass is 16.2. The predicted molar refractivity (Wildman–Crippen MR) is 55.1 cm³/mol. The number of carbonyl (C=O) groups excluding carboxylic acids is 1. The van der Waals surface area contributed by atoms with Gasteiger partial charge in [0.05, 0.1) is 6.20 Å². The van der Waals surface area contributed by atoms with Crippen molar-refractivity contribution in [1.82, 2.24) is 19.6 Å². The van der Waals surface area contributed by atoms with Gasteiger partial charge in [-0.25, -0.2) is 0 Å². The lowest BCUT2D eigenvalue weighted by molar-refractivity contribution is -0.133. The van der Waals surface area contributed by atoms with Crippen LogP contribution in [0.2, 0.25) is 0 Å². The molecule has 0 bridgehead atoms. The first-order chi connectivity index (χ1) is 7.25. The maximum absolute atomic E-state index is 11.8. The number of piperazine rings is 1. The Hall–Kier alpha value is -1.36. The molecule has 1 aromatic heterocycles. The summed E-state index contributed by atoms with van der Waals surface area (Å²) in [6.07, 6.45) is 3.26. The molecule has 1 aliphatic heterocycles. The monoisotopic (exact) mass is 207 g/mol. The van der Waals surface area contributed by atoms with Gasteiger partial charge in [-0.2, -0.15) is 5.10 Å². The molecule has 1 amide bonds. The van der Waals surface area contributed by atoms with E-state index in [4.69, 9.17) is 0 Å². The van der Waals surface area contributed by atoms with E-state index in [0.29, 0.717) is 6.54 Å². The summed E-state index contributed by atoms with van der Waals surface area (Å²) in [5.41, 5.74) is 0. The molecule has 15 heavy (non-hydrogen) atoms. The summed E-state index contributed by atoms with van der Waals surface area (Å²) < 4.78 is 1.61. The SMILES string of the molecule is CN1CCN(C(=O)Cn2c[c]cn2)CC1. The minimum atomic E-state index is 0.139. The van der Waals surface area contributed by atoms with Crippen LogP contribution < -0.4 is 0 Å². The summed E-state index contributed by atoms with van der Waals surface area (Å²) in [6, 6.07) is 2.82. The van der Waals surface area contributed by atoms with Crippen molar-refractivity contribution in [3.8, 4) is 0 Å². The Labute approximate surface area is 89.3 Å². The molecule has 81 valence electrons. The van der Waals surface area contributed by atoms with Gasteiger partial charge in [0.1, 0.15) is 6.54 Å². The van der Waals surface area contributed by atoms with Crippen LogP contribution in [-0.4, -0.2) is 58.7 Å². The lowest BCUT2D eigenvalue weighted by Gasteiger charge is -2.32. The molecule has 0 saturated carbocycles. The van der Waals surface area contributed by atoms with Gasteiger partial charge in [0.2, 0.25) is 5.91 Å². The van der Waals surface area contributed by atoms with E-state index in [1.54, 1.807) is 17.1 Å². The molecule has 1 fully saturated rings. The quantitative estimate of drug-likeness (QED) is 0.654. The Balaban J connectivity index is 1.86. The van der Waals surface area contributed by atoms with Crippen LogP contribution in [0.3, 0.4) is 0 Å². The molecule has 0 unspecified atom stereocenters. The fourth-order valence-corrected chi connectivity index (χ4v) is 1.64. The molecule has 0 spiro atoms. The van der Waals surface area contributed by atoms with Crippen LogP contribution in [0, 0.1) is 6.07 Å². The van der Waals surface area contributed by atoms with Crippen LogP contribution in [0.5, 0.6) is 0 Å². The summed E-state index contributed by atoms with van der Waals surface area (Å²) in [7, 11) is 2.07. The minimum Gasteiger partial charge on any atom is -0.339 e. The highest BCUT2D eigenvalue weighted by Crippen LogP contribution is 2.00. The van der Waals surface area contributed by atoms with Crippen molar-refractivity contribution < 1.29 is 4.79 Å². The summed E-state index contributed by atoms with van der Waals surface area (Å²) in [4.78, 5) is 15.9. The minimum absolute atomic E-state index is 0.139. The van der Waals surface area contributed by atoms with E-state index in [1.807, 2.05) is 4.90 Å². The molecule has 1 radical (unpaired) electrons. The van der Waals surface area contributed by atoms with Crippen molar-refractivity contribution in [3.63, 3.8) is 0 Å². The van der Waals surface area contributed by atoms with Crippen molar-refractivity contribution in [3.05, 3.63) is 18.5 Å². The zero-order chi connectivity index (χ0) is 10.7. The van der Waals surface area contributed by atoms with E-state index in [-0.39, 0.29) is 5.91 Å². The van der Waals surface area contributed by atoms with Gasteiger partial charge < -0.3 is 9.80 Å². The van der Waals surface area contributed by atoms with E-state index in [0.717, 1.165) is 26.2 Å². The average Bonchev–Trinajstić information content (AvgIpc) is 2.71. The van der Waals surface area contributed by atoms with Crippen LogP contribution in [0.4, 0.5) is 0 Å². The molecule has 5 nitrogen and oxygen atoms in total. The Morgan fingerprint density at radius 3 is 2.73 bits per heavy atom. The normalized spacial score (nSPS) is 18.1. The van der Waals surface area contributed by atoms with Crippen LogP contribution in [0.15, 0.2) is 12.4 Å². The highest BCUT2D eigenvalue weighted by Gasteiger charge is 2.18. The predicted octanol–water partition coefficient (Wildman–Crippen LogP) is -0.543. The third-order valence-corrected chi connectivity index (χ3v) is 2.66. The van der Waals surface area contributed by atoms with Gasteiger partial charge in [-0.15, -0.1) is 0 Å². The first kappa shape index (κ1) is 10.2. The second kappa shape index (κ2) is 4.44. The van der Waals surface area contributed by atoms with Crippen molar-refractivity contribution in [1.29, 1.82) is 0 Å². The third-order valence-electron chi connectivity index (χ3n) is 2.66. The van der Waals surface area contributed by atoms with Crippen molar-refractivity contribution in [2.24, 2.45) is 0 Å². The summed E-state index contributed by atoms with van der Waals surface area (Å²) in [5, 5.41) is 3.97. The Bertz CT molecular complexity index is 314. The van der Waals surface area contributed by atoms with Crippen molar-refractivity contribution >= 4 is 5.91 Å². The fraction of sp³-hybridized carbons (Fsp3) is 0.600. The van der Waals surface area contributed by atoms with E-state index < -0.39 is 0 Å². The number of rotatable bonds is 2. The van der Waals surface area contributed by atoms with Gasteiger partial charge in [0, 0.05) is 38.4 Å². The number of amides is 1. The van der Waals surface area contributed by atoms with E-state index in [9.17, 15) is 4.79 Å². The van der Waals surface area contributed by atoms with Crippen LogP contribution in [0.1, 0.15) is 0 Å². The first-order valence-electron chi connectivity index (χ1n) is 5.10. The molecule has 2 heterocycles. The standard InChI is InChI=1S/C10H15N4O/c1-12-5-7-13(8-6-12)10(15)9-14-4-2-3-11-14/h3-4H,5-9H2,1H3. The van der Waals surface area contributed by atoms with Crippen molar-refractivity contribution in [2.75, 3.05) is 33.2 Å². The lowest BCUT2D eigenvalue weighted by Crippen LogP contribution is -2.48. The number of hydrogen-bond donors (Lipinski definition) is 0. The van der Waals surface area contributed by atoms with Gasteiger partial charge in [0.25, 0.3) is 0 Å². The second-order valence-corrected chi connectivity index (χ2v) is 3.82. The molecule has 5 heteroatoms. The van der Waals surface area contributed by atoms with Crippen LogP contribution >= 0.6 is 0 Å². The first-order valence-corrected chi connectivity index (χ1v) is 5.10. The Morgan fingerprint density at radius 2 is 2.13 bits per heavy atom. The van der Waals surface area contributed by atoms with Gasteiger partial charge in [-0.05, 0) is 7.05 Å². The second-order valence-electron chi connectivity index (χ2n) is 3.82. The molecular weight excluding hydrogens is 192 g/mol. The highest BCUT2D eigenvalue weighted by molar-refractivity contribution is 5.76. The number of nitrogens with zero attached hydrogens (tertiary/aromatic N) is 4. The Kier molecular flexibility index (Phi) is 3.01. The molecule has 2 rings (SSSR count). The molecule has 1 aromatic rings. The fourth-order valence-electron chi connectivity index (χ4n) is 1.64. The smallest absolute Gasteiger partial charge is 0.244 e. The maximum Gasteiger partial charge on any atom is 0.244 e. The van der Waals surface area contributed by atoms with E-state index in [1.165, 1.54) is 0 Å². The number of likely N-dealkylation sites (N-methyl/N-ethyl adjacent to an activating group) is 1. The van der Waals surface area contributed by atoms with Crippen LogP contribution in [-0.2, 0) is 11.3 Å². The summed E-state index contributed by atoms with van der Waals surface area (Å²) in [5.74, 6) is 0.139. The van der Waals surface area contributed by atoms with Gasteiger partial charge >= 0.3 is 0 Å². The molecule has 0 aromatic carbocycles. The molecule has 0 aliphatic carbocycles. The molecule has 1 saturated heterocycles. The largest absolute Gasteiger partial charge is 0.339 e. The van der Waals surface area contributed by atoms with Gasteiger partial charge in [0.15, 0.2) is 0 Å². The van der Waals surface area contributed by atoms with E-state index in [2.05, 4.69) is 23.1 Å². The lowest BCUT2D eigenvalue weighted by atomic mass is 10.3. The number of aromatic nitrogens is 2.